The molecule has 0 amide bonds. The van der Waals surface area contributed by atoms with Gasteiger partial charge >= 0.3 is 5.97 Å². The van der Waals surface area contributed by atoms with E-state index in [9.17, 15) is 9.18 Å². The zero-order valence-corrected chi connectivity index (χ0v) is 11.0. The van der Waals surface area contributed by atoms with Gasteiger partial charge in [0.15, 0.2) is 0 Å². The molecule has 19 heavy (non-hydrogen) atoms. The van der Waals surface area contributed by atoms with E-state index in [0.717, 1.165) is 32.0 Å². The summed E-state index contributed by atoms with van der Waals surface area (Å²) in [7, 11) is 0. The van der Waals surface area contributed by atoms with Gasteiger partial charge in [0.1, 0.15) is 5.82 Å². The number of carboxylic acid groups (broad SMARTS) is 1. The monoisotopic (exact) mass is 263 g/mol. The molecule has 1 aromatic rings. The summed E-state index contributed by atoms with van der Waals surface area (Å²) in [5, 5.41) is 8.69. The molecule has 0 radical (unpaired) electrons. The Bertz CT molecular complexity index is 491. The standard InChI is InChI=1S/C15H18FNO2/c1-11-7-9-17(10-8-11)15-12(5-6-14(18)19)3-2-4-13(15)16/h2-6,11H,7-10H2,1H3,(H,18,19)/b6-5+. The van der Waals surface area contributed by atoms with E-state index in [1.165, 1.54) is 12.1 Å². The molecule has 1 N–H and O–H groups in total. The molecule has 102 valence electrons. The van der Waals surface area contributed by atoms with Gasteiger partial charge in [-0.05, 0) is 30.9 Å². The number of benzene rings is 1. The van der Waals surface area contributed by atoms with Crippen LogP contribution in [0.5, 0.6) is 0 Å². The summed E-state index contributed by atoms with van der Waals surface area (Å²) in [6.45, 7) is 3.83. The van der Waals surface area contributed by atoms with Crippen LogP contribution in [0.15, 0.2) is 24.3 Å². The molecule has 1 aliphatic rings. The first-order chi connectivity index (χ1) is 9.08. The van der Waals surface area contributed by atoms with E-state index in [0.29, 0.717) is 17.2 Å². The van der Waals surface area contributed by atoms with E-state index in [1.54, 1.807) is 12.1 Å². The maximum atomic E-state index is 14.0. The highest BCUT2D eigenvalue weighted by Crippen LogP contribution is 2.29. The molecule has 1 heterocycles. The normalized spacial score (nSPS) is 17.1. The number of piperidine rings is 1. The average Bonchev–Trinajstić information content (AvgIpc) is 2.38. The predicted octanol–water partition coefficient (Wildman–Crippen LogP) is 3.16. The van der Waals surface area contributed by atoms with Gasteiger partial charge in [0.25, 0.3) is 0 Å². The summed E-state index contributed by atoms with van der Waals surface area (Å²) in [6, 6.07) is 4.77. The maximum Gasteiger partial charge on any atom is 0.328 e. The highest BCUT2D eigenvalue weighted by Gasteiger charge is 2.20. The number of carbonyl (C=O) groups is 1. The van der Waals surface area contributed by atoms with Crippen molar-refractivity contribution in [3.63, 3.8) is 0 Å². The Balaban J connectivity index is 2.30. The molecular formula is C15H18FNO2. The highest BCUT2D eigenvalue weighted by molar-refractivity contribution is 5.87. The first-order valence-electron chi connectivity index (χ1n) is 6.52. The lowest BCUT2D eigenvalue weighted by Crippen LogP contribution is -2.33. The second-order valence-electron chi connectivity index (χ2n) is 5.02. The van der Waals surface area contributed by atoms with Gasteiger partial charge in [-0.25, -0.2) is 9.18 Å². The summed E-state index contributed by atoms with van der Waals surface area (Å²) in [6.07, 6.45) is 4.58. The minimum atomic E-state index is -1.03. The molecule has 1 aromatic carbocycles. The third-order valence-corrected chi connectivity index (χ3v) is 3.52. The minimum Gasteiger partial charge on any atom is -0.478 e. The number of carboxylic acids is 1. The predicted molar refractivity (Wildman–Crippen MR) is 73.7 cm³/mol. The fourth-order valence-corrected chi connectivity index (χ4v) is 2.39. The van der Waals surface area contributed by atoms with Crippen LogP contribution in [0.25, 0.3) is 6.08 Å². The van der Waals surface area contributed by atoms with Crippen LogP contribution in [0.4, 0.5) is 10.1 Å². The molecule has 3 nitrogen and oxygen atoms in total. The number of halogens is 1. The van der Waals surface area contributed by atoms with Crippen LogP contribution < -0.4 is 4.90 Å². The van der Waals surface area contributed by atoms with Crippen molar-refractivity contribution in [3.8, 4) is 0 Å². The Hall–Kier alpha value is -1.84. The number of aliphatic carboxylic acids is 1. The second kappa shape index (κ2) is 5.87. The molecule has 1 fully saturated rings. The number of hydrogen-bond acceptors (Lipinski definition) is 2. The molecule has 0 aromatic heterocycles. The average molecular weight is 263 g/mol. The van der Waals surface area contributed by atoms with Crippen molar-refractivity contribution in [2.45, 2.75) is 19.8 Å². The van der Waals surface area contributed by atoms with Gasteiger partial charge < -0.3 is 10.0 Å². The molecule has 1 aliphatic heterocycles. The SMILES string of the molecule is CC1CCN(c2c(F)cccc2/C=C/C(=O)O)CC1. The summed E-state index contributed by atoms with van der Waals surface area (Å²) in [5.41, 5.74) is 1.14. The van der Waals surface area contributed by atoms with Crippen molar-refractivity contribution in [1.82, 2.24) is 0 Å². The molecule has 0 aliphatic carbocycles. The molecule has 0 spiro atoms. The Labute approximate surface area is 112 Å². The highest BCUT2D eigenvalue weighted by atomic mass is 19.1. The number of hydrogen-bond donors (Lipinski definition) is 1. The van der Waals surface area contributed by atoms with Crippen LogP contribution in [-0.4, -0.2) is 24.2 Å². The van der Waals surface area contributed by atoms with Gasteiger partial charge in [0.2, 0.25) is 0 Å². The Morgan fingerprint density at radius 3 is 2.74 bits per heavy atom. The van der Waals surface area contributed by atoms with Crippen LogP contribution in [-0.2, 0) is 4.79 Å². The quantitative estimate of drug-likeness (QED) is 0.852. The summed E-state index contributed by atoms with van der Waals surface area (Å²) in [5.74, 6) is -0.648. The molecule has 2 rings (SSSR count). The molecule has 1 saturated heterocycles. The first kappa shape index (κ1) is 13.6. The van der Waals surface area contributed by atoms with E-state index in [4.69, 9.17) is 5.11 Å². The van der Waals surface area contributed by atoms with E-state index in [2.05, 4.69) is 6.92 Å². The maximum absolute atomic E-state index is 14.0. The molecule has 0 bridgehead atoms. The van der Waals surface area contributed by atoms with Crippen LogP contribution in [0, 0.1) is 11.7 Å². The van der Waals surface area contributed by atoms with Crippen molar-refractivity contribution in [3.05, 3.63) is 35.7 Å². The minimum absolute atomic E-state index is 0.290. The summed E-state index contributed by atoms with van der Waals surface area (Å²) >= 11 is 0. The lowest BCUT2D eigenvalue weighted by atomic mass is 9.98. The van der Waals surface area contributed by atoms with E-state index >= 15 is 0 Å². The molecule has 0 atom stereocenters. The Morgan fingerprint density at radius 1 is 1.42 bits per heavy atom. The summed E-state index contributed by atoms with van der Waals surface area (Å²) in [4.78, 5) is 12.6. The van der Waals surface area contributed by atoms with Gasteiger partial charge in [0.05, 0.1) is 5.69 Å². The van der Waals surface area contributed by atoms with Crippen LogP contribution in [0.3, 0.4) is 0 Å². The van der Waals surface area contributed by atoms with Crippen LogP contribution in [0.2, 0.25) is 0 Å². The lowest BCUT2D eigenvalue weighted by Gasteiger charge is -2.33. The fourth-order valence-electron chi connectivity index (χ4n) is 2.39. The molecule has 0 unspecified atom stereocenters. The van der Waals surface area contributed by atoms with Gasteiger partial charge in [-0.3, -0.25) is 0 Å². The number of anilines is 1. The number of rotatable bonds is 3. The van der Waals surface area contributed by atoms with Gasteiger partial charge in [-0.15, -0.1) is 0 Å². The third kappa shape index (κ3) is 3.34. The topological polar surface area (TPSA) is 40.5 Å². The van der Waals surface area contributed by atoms with Crippen molar-refractivity contribution in [2.24, 2.45) is 5.92 Å². The van der Waals surface area contributed by atoms with Crippen molar-refractivity contribution < 1.29 is 14.3 Å². The van der Waals surface area contributed by atoms with E-state index < -0.39 is 5.97 Å². The Morgan fingerprint density at radius 2 is 2.11 bits per heavy atom. The van der Waals surface area contributed by atoms with E-state index in [-0.39, 0.29) is 5.82 Å². The van der Waals surface area contributed by atoms with Gasteiger partial charge in [-0.2, -0.15) is 0 Å². The molecule has 4 heteroatoms. The number of nitrogens with zero attached hydrogens (tertiary/aromatic N) is 1. The van der Waals surface area contributed by atoms with Crippen molar-refractivity contribution in [1.29, 1.82) is 0 Å². The number of para-hydroxylation sites is 1. The second-order valence-corrected chi connectivity index (χ2v) is 5.02. The largest absolute Gasteiger partial charge is 0.478 e. The smallest absolute Gasteiger partial charge is 0.328 e. The van der Waals surface area contributed by atoms with Crippen molar-refractivity contribution >= 4 is 17.7 Å². The van der Waals surface area contributed by atoms with Gasteiger partial charge in [0, 0.05) is 24.7 Å². The molecular weight excluding hydrogens is 245 g/mol. The van der Waals surface area contributed by atoms with Crippen LogP contribution >= 0.6 is 0 Å². The Kier molecular flexibility index (Phi) is 4.20. The zero-order chi connectivity index (χ0) is 13.8. The zero-order valence-electron chi connectivity index (χ0n) is 11.0. The molecule has 0 saturated carbocycles. The first-order valence-corrected chi connectivity index (χ1v) is 6.52. The van der Waals surface area contributed by atoms with Crippen LogP contribution in [0.1, 0.15) is 25.3 Å². The van der Waals surface area contributed by atoms with Crippen molar-refractivity contribution in [2.75, 3.05) is 18.0 Å². The summed E-state index contributed by atoms with van der Waals surface area (Å²) < 4.78 is 14.0. The fraction of sp³-hybridized carbons (Fsp3) is 0.400. The van der Waals surface area contributed by atoms with E-state index in [1.807, 2.05) is 4.90 Å². The van der Waals surface area contributed by atoms with Gasteiger partial charge in [-0.1, -0.05) is 19.1 Å². The lowest BCUT2D eigenvalue weighted by molar-refractivity contribution is -0.131. The third-order valence-electron chi connectivity index (χ3n) is 3.52.